The van der Waals surface area contributed by atoms with Crippen LogP contribution in [-0.2, 0) is 9.53 Å². The molecule has 5 nitrogen and oxygen atoms in total. The van der Waals surface area contributed by atoms with Crippen molar-refractivity contribution in [3.05, 3.63) is 11.6 Å². The highest BCUT2D eigenvalue weighted by Crippen LogP contribution is 2.11. The first-order chi connectivity index (χ1) is 6.31. The van der Waals surface area contributed by atoms with Crippen molar-refractivity contribution >= 4 is 24.1 Å². The van der Waals surface area contributed by atoms with Gasteiger partial charge in [-0.2, -0.15) is 5.10 Å². The molecule has 66 valence electrons. The third-order valence-electron chi connectivity index (χ3n) is 1.80. The summed E-state index contributed by atoms with van der Waals surface area (Å²) in [6.07, 6.45) is 4.81. The summed E-state index contributed by atoms with van der Waals surface area (Å²) in [6.45, 7) is 0. The van der Waals surface area contributed by atoms with Gasteiger partial charge in [0.05, 0.1) is 19.5 Å². The minimum absolute atomic E-state index is 0.372. The molecule has 0 spiro atoms. The maximum atomic E-state index is 11.1. The lowest BCUT2D eigenvalue weighted by molar-refractivity contribution is -0.140. The zero-order valence-electron chi connectivity index (χ0n) is 6.97. The fraction of sp³-hybridized carbons (Fsp3) is 0.250. The molecule has 0 bridgehead atoms. The quantitative estimate of drug-likeness (QED) is 0.528. The summed E-state index contributed by atoms with van der Waals surface area (Å²) >= 11 is 0. The summed E-state index contributed by atoms with van der Waals surface area (Å²) in [4.78, 5) is 15.0. The second kappa shape index (κ2) is 2.93. The number of aliphatic imine (C=N–C) groups is 1. The number of ether oxygens (including phenoxy) is 1. The number of methoxy groups -OCH3 is 1. The molecular formula is C8H7N3O2. The van der Waals surface area contributed by atoms with Crippen LogP contribution in [0.2, 0.25) is 0 Å². The van der Waals surface area contributed by atoms with Crippen molar-refractivity contribution in [1.82, 2.24) is 0 Å². The van der Waals surface area contributed by atoms with Crippen LogP contribution < -0.4 is 0 Å². The van der Waals surface area contributed by atoms with Crippen molar-refractivity contribution in [3.63, 3.8) is 0 Å². The highest BCUT2D eigenvalue weighted by molar-refractivity contribution is 6.45. The zero-order valence-corrected chi connectivity index (χ0v) is 6.97. The lowest BCUT2D eigenvalue weighted by atomic mass is 10.1. The van der Waals surface area contributed by atoms with Crippen LogP contribution in [0.3, 0.4) is 0 Å². The topological polar surface area (TPSA) is 63.4 Å². The number of esters is 1. The molecule has 13 heavy (non-hydrogen) atoms. The van der Waals surface area contributed by atoms with Crippen LogP contribution in [0.4, 0.5) is 0 Å². The Labute approximate surface area is 74.5 Å². The Hall–Kier alpha value is -1.78. The molecule has 0 N–H and O–H groups in total. The van der Waals surface area contributed by atoms with E-state index in [1.165, 1.54) is 13.3 Å². The molecule has 0 radical (unpaired) electrons. The molecule has 2 aliphatic heterocycles. The number of carbonyl (C=O) groups is 1. The number of nitrogens with zero attached hydrogens (tertiary/aromatic N) is 3. The minimum atomic E-state index is -0.552. The van der Waals surface area contributed by atoms with E-state index in [0.717, 1.165) is 5.57 Å². The number of carbonyl (C=O) groups excluding carboxylic acids is 1. The molecule has 2 rings (SSSR count). The third kappa shape index (κ3) is 1.28. The summed E-state index contributed by atoms with van der Waals surface area (Å²) < 4.78 is 4.56. The number of hydrogen-bond donors (Lipinski definition) is 0. The van der Waals surface area contributed by atoms with Gasteiger partial charge >= 0.3 is 5.97 Å². The number of hydrogen-bond acceptors (Lipinski definition) is 5. The smallest absolute Gasteiger partial charge is 0.334 e. The molecule has 0 aromatic rings. The van der Waals surface area contributed by atoms with E-state index < -0.39 is 6.04 Å². The van der Waals surface area contributed by atoms with Gasteiger partial charge < -0.3 is 4.74 Å². The standard InChI is InChI=1S/C8H7N3O2/c1-13-8(12)6-2-5-3-10-11-7(5)4-9-6/h2-4,6H,1H3/t6-/m1/s1. The van der Waals surface area contributed by atoms with E-state index in [4.69, 9.17) is 0 Å². The molecule has 0 amide bonds. The van der Waals surface area contributed by atoms with Crippen LogP contribution in [0.25, 0.3) is 0 Å². The van der Waals surface area contributed by atoms with Crippen molar-refractivity contribution in [3.8, 4) is 0 Å². The van der Waals surface area contributed by atoms with Gasteiger partial charge in [0.2, 0.25) is 0 Å². The second-order valence-corrected chi connectivity index (χ2v) is 2.60. The third-order valence-corrected chi connectivity index (χ3v) is 1.80. The highest BCUT2D eigenvalue weighted by atomic mass is 16.5. The molecule has 0 saturated carbocycles. The van der Waals surface area contributed by atoms with Gasteiger partial charge in [-0.3, -0.25) is 4.99 Å². The predicted molar refractivity (Wildman–Crippen MR) is 48.3 cm³/mol. The van der Waals surface area contributed by atoms with Crippen LogP contribution in [-0.4, -0.2) is 37.3 Å². The molecule has 2 heterocycles. The molecule has 5 heteroatoms. The van der Waals surface area contributed by atoms with Crippen LogP contribution in [0.5, 0.6) is 0 Å². The van der Waals surface area contributed by atoms with Gasteiger partial charge in [-0.25, -0.2) is 4.79 Å². The van der Waals surface area contributed by atoms with Crippen molar-refractivity contribution in [2.24, 2.45) is 15.2 Å². The summed E-state index contributed by atoms with van der Waals surface area (Å²) in [5.74, 6) is -0.372. The zero-order chi connectivity index (χ0) is 9.26. The predicted octanol–water partition coefficient (Wildman–Crippen LogP) is -0.0208. The van der Waals surface area contributed by atoms with Crippen LogP contribution in [0, 0.1) is 0 Å². The highest BCUT2D eigenvalue weighted by Gasteiger charge is 2.22. The van der Waals surface area contributed by atoms with E-state index >= 15 is 0 Å². The average molecular weight is 177 g/mol. The number of dihydropyridines is 1. The van der Waals surface area contributed by atoms with Gasteiger partial charge in [0.25, 0.3) is 0 Å². The van der Waals surface area contributed by atoms with E-state index in [0.29, 0.717) is 5.71 Å². The van der Waals surface area contributed by atoms with E-state index in [1.54, 1.807) is 12.3 Å². The Morgan fingerprint density at radius 1 is 1.54 bits per heavy atom. The van der Waals surface area contributed by atoms with Crippen LogP contribution >= 0.6 is 0 Å². The minimum Gasteiger partial charge on any atom is -0.467 e. The summed E-state index contributed by atoms with van der Waals surface area (Å²) in [7, 11) is 1.34. The first-order valence-electron chi connectivity index (χ1n) is 3.75. The molecule has 0 aromatic carbocycles. The van der Waals surface area contributed by atoms with E-state index in [-0.39, 0.29) is 5.97 Å². The molecular weight excluding hydrogens is 170 g/mol. The van der Waals surface area contributed by atoms with Crippen LogP contribution in [0.1, 0.15) is 0 Å². The maximum absolute atomic E-state index is 11.1. The SMILES string of the molecule is COC(=O)[C@H]1C=C2C=NN=C2C=N1. The van der Waals surface area contributed by atoms with Gasteiger partial charge in [-0.05, 0) is 6.08 Å². The van der Waals surface area contributed by atoms with E-state index in [9.17, 15) is 4.79 Å². The lowest BCUT2D eigenvalue weighted by Crippen LogP contribution is -2.23. The van der Waals surface area contributed by atoms with E-state index in [1.807, 2.05) is 0 Å². The van der Waals surface area contributed by atoms with E-state index in [2.05, 4.69) is 19.9 Å². The molecule has 2 aliphatic rings. The Morgan fingerprint density at radius 2 is 2.38 bits per heavy atom. The lowest BCUT2D eigenvalue weighted by Gasteiger charge is -2.09. The van der Waals surface area contributed by atoms with Crippen molar-refractivity contribution in [2.45, 2.75) is 6.04 Å². The Kier molecular flexibility index (Phi) is 1.77. The molecule has 1 atom stereocenters. The number of fused-ring (bicyclic) bond motifs is 1. The second-order valence-electron chi connectivity index (χ2n) is 2.60. The summed E-state index contributed by atoms with van der Waals surface area (Å²) in [5.41, 5.74) is 1.52. The summed E-state index contributed by atoms with van der Waals surface area (Å²) in [6, 6.07) is -0.552. The average Bonchev–Trinajstić information content (AvgIpc) is 2.63. The molecule has 0 aliphatic carbocycles. The monoisotopic (exact) mass is 177 g/mol. The molecule has 0 unspecified atom stereocenters. The Balaban J connectivity index is 2.25. The Bertz CT molecular complexity index is 366. The normalized spacial score (nSPS) is 23.6. The van der Waals surface area contributed by atoms with Crippen LogP contribution in [0.15, 0.2) is 26.8 Å². The first-order valence-corrected chi connectivity index (χ1v) is 3.75. The van der Waals surface area contributed by atoms with Gasteiger partial charge in [0.15, 0.2) is 6.04 Å². The fourth-order valence-electron chi connectivity index (χ4n) is 1.12. The number of rotatable bonds is 1. The maximum Gasteiger partial charge on any atom is 0.334 e. The number of allylic oxidation sites excluding steroid dienone is 1. The molecule has 0 aromatic heterocycles. The largest absolute Gasteiger partial charge is 0.467 e. The molecule has 0 fully saturated rings. The Morgan fingerprint density at radius 3 is 3.15 bits per heavy atom. The van der Waals surface area contributed by atoms with Crippen molar-refractivity contribution in [1.29, 1.82) is 0 Å². The van der Waals surface area contributed by atoms with Gasteiger partial charge in [-0.1, -0.05) is 0 Å². The van der Waals surface area contributed by atoms with Gasteiger partial charge in [-0.15, -0.1) is 5.10 Å². The fourth-order valence-corrected chi connectivity index (χ4v) is 1.12. The first kappa shape index (κ1) is 7.85. The van der Waals surface area contributed by atoms with Crippen molar-refractivity contribution in [2.75, 3.05) is 7.11 Å². The van der Waals surface area contributed by atoms with Crippen molar-refractivity contribution < 1.29 is 9.53 Å². The van der Waals surface area contributed by atoms with Gasteiger partial charge in [0, 0.05) is 5.57 Å². The molecule has 0 saturated heterocycles. The summed E-state index contributed by atoms with van der Waals surface area (Å²) in [5, 5.41) is 7.49. The van der Waals surface area contributed by atoms with Gasteiger partial charge in [0.1, 0.15) is 5.71 Å².